The molecular formula is C11H24N2. The lowest BCUT2D eigenvalue weighted by atomic mass is 9.92. The minimum Gasteiger partial charge on any atom is -0.328 e. The molecule has 2 N–H and O–H groups in total. The van der Waals surface area contributed by atoms with Crippen LogP contribution in [0.15, 0.2) is 0 Å². The summed E-state index contributed by atoms with van der Waals surface area (Å²) in [4.78, 5) is 2.59. The molecule has 1 aliphatic heterocycles. The third-order valence-corrected chi connectivity index (χ3v) is 2.85. The zero-order chi connectivity index (χ0) is 9.68. The molecule has 2 atom stereocenters. The molecule has 0 aromatic heterocycles. The summed E-state index contributed by atoms with van der Waals surface area (Å²) in [5, 5.41) is 0. The second-order valence-corrected chi connectivity index (χ2v) is 4.52. The minimum absolute atomic E-state index is 0.381. The van der Waals surface area contributed by atoms with Crippen LogP contribution in [0.1, 0.15) is 39.5 Å². The van der Waals surface area contributed by atoms with Crippen LogP contribution in [0.3, 0.4) is 0 Å². The summed E-state index contributed by atoms with van der Waals surface area (Å²) >= 11 is 0. The normalized spacial score (nSPS) is 27.5. The van der Waals surface area contributed by atoms with Gasteiger partial charge in [0.15, 0.2) is 0 Å². The third kappa shape index (κ3) is 4.10. The molecule has 1 saturated heterocycles. The molecule has 0 aromatic carbocycles. The van der Waals surface area contributed by atoms with Crippen LogP contribution >= 0.6 is 0 Å². The van der Waals surface area contributed by atoms with Crippen molar-refractivity contribution in [1.82, 2.24) is 4.90 Å². The van der Waals surface area contributed by atoms with Crippen molar-refractivity contribution in [1.29, 1.82) is 0 Å². The molecule has 1 heterocycles. The lowest BCUT2D eigenvalue weighted by molar-refractivity contribution is 0.165. The van der Waals surface area contributed by atoms with E-state index >= 15 is 0 Å². The van der Waals surface area contributed by atoms with Crippen LogP contribution in [0.5, 0.6) is 0 Å². The molecule has 78 valence electrons. The SMILES string of the molecule is CCCN1CCCC(CC(C)N)C1. The van der Waals surface area contributed by atoms with Crippen molar-refractivity contribution >= 4 is 0 Å². The van der Waals surface area contributed by atoms with Gasteiger partial charge in [-0.2, -0.15) is 0 Å². The van der Waals surface area contributed by atoms with Gasteiger partial charge in [0.25, 0.3) is 0 Å². The van der Waals surface area contributed by atoms with Crippen molar-refractivity contribution < 1.29 is 0 Å². The second kappa shape index (κ2) is 5.61. The van der Waals surface area contributed by atoms with Gasteiger partial charge in [0, 0.05) is 12.6 Å². The number of hydrogen-bond acceptors (Lipinski definition) is 2. The van der Waals surface area contributed by atoms with Crippen LogP contribution in [0.4, 0.5) is 0 Å². The van der Waals surface area contributed by atoms with Crippen LogP contribution < -0.4 is 5.73 Å². The third-order valence-electron chi connectivity index (χ3n) is 2.85. The minimum atomic E-state index is 0.381. The molecule has 1 fully saturated rings. The molecule has 2 unspecified atom stereocenters. The molecule has 2 nitrogen and oxygen atoms in total. The van der Waals surface area contributed by atoms with E-state index in [2.05, 4.69) is 18.7 Å². The number of nitrogens with two attached hydrogens (primary N) is 1. The molecule has 0 aromatic rings. The van der Waals surface area contributed by atoms with E-state index in [9.17, 15) is 0 Å². The summed E-state index contributed by atoms with van der Waals surface area (Å²) in [5.74, 6) is 0.861. The van der Waals surface area contributed by atoms with E-state index in [1.54, 1.807) is 0 Å². The molecular weight excluding hydrogens is 160 g/mol. The maximum atomic E-state index is 5.82. The zero-order valence-electron chi connectivity index (χ0n) is 9.13. The Kier molecular flexibility index (Phi) is 4.74. The summed E-state index contributed by atoms with van der Waals surface area (Å²) < 4.78 is 0. The number of hydrogen-bond donors (Lipinski definition) is 1. The quantitative estimate of drug-likeness (QED) is 0.722. The van der Waals surface area contributed by atoms with Crippen molar-refractivity contribution in [3.8, 4) is 0 Å². The highest BCUT2D eigenvalue weighted by Crippen LogP contribution is 2.20. The Hall–Kier alpha value is -0.0800. The van der Waals surface area contributed by atoms with E-state index < -0.39 is 0 Å². The van der Waals surface area contributed by atoms with Crippen molar-refractivity contribution in [2.75, 3.05) is 19.6 Å². The Labute approximate surface area is 82.5 Å². The molecule has 2 heteroatoms. The summed E-state index contributed by atoms with van der Waals surface area (Å²) in [6, 6.07) is 0.381. The van der Waals surface area contributed by atoms with E-state index in [1.807, 2.05) is 0 Å². The van der Waals surface area contributed by atoms with Gasteiger partial charge in [-0.25, -0.2) is 0 Å². The molecule has 1 rings (SSSR count). The largest absolute Gasteiger partial charge is 0.328 e. The van der Waals surface area contributed by atoms with Gasteiger partial charge in [-0.3, -0.25) is 0 Å². The number of nitrogens with zero attached hydrogens (tertiary/aromatic N) is 1. The standard InChI is InChI=1S/C11H24N2/c1-3-6-13-7-4-5-11(9-13)8-10(2)12/h10-11H,3-9,12H2,1-2H3. The Morgan fingerprint density at radius 1 is 1.54 bits per heavy atom. The van der Waals surface area contributed by atoms with E-state index in [0.29, 0.717) is 6.04 Å². The first-order valence-corrected chi connectivity index (χ1v) is 5.70. The van der Waals surface area contributed by atoms with Gasteiger partial charge in [-0.1, -0.05) is 6.92 Å². The van der Waals surface area contributed by atoms with Crippen LogP contribution in [0, 0.1) is 5.92 Å². The Morgan fingerprint density at radius 3 is 2.92 bits per heavy atom. The van der Waals surface area contributed by atoms with E-state index in [0.717, 1.165) is 5.92 Å². The zero-order valence-corrected chi connectivity index (χ0v) is 9.13. The van der Waals surface area contributed by atoms with Gasteiger partial charge in [0.05, 0.1) is 0 Å². The van der Waals surface area contributed by atoms with E-state index in [-0.39, 0.29) is 0 Å². The lowest BCUT2D eigenvalue weighted by Crippen LogP contribution is -2.37. The van der Waals surface area contributed by atoms with Gasteiger partial charge < -0.3 is 10.6 Å². The van der Waals surface area contributed by atoms with Gasteiger partial charge >= 0.3 is 0 Å². The summed E-state index contributed by atoms with van der Waals surface area (Å²) in [5.41, 5.74) is 5.82. The smallest absolute Gasteiger partial charge is 0.00135 e. The maximum Gasteiger partial charge on any atom is 0.00135 e. The fourth-order valence-electron chi connectivity index (χ4n) is 2.39. The Bertz CT molecular complexity index is 132. The molecule has 13 heavy (non-hydrogen) atoms. The van der Waals surface area contributed by atoms with E-state index in [4.69, 9.17) is 5.73 Å². The van der Waals surface area contributed by atoms with Crippen LogP contribution in [-0.2, 0) is 0 Å². The molecule has 0 amide bonds. The molecule has 0 radical (unpaired) electrons. The molecule has 0 bridgehead atoms. The van der Waals surface area contributed by atoms with Crippen LogP contribution in [0.25, 0.3) is 0 Å². The number of piperidine rings is 1. The summed E-state index contributed by atoms with van der Waals surface area (Å²) in [7, 11) is 0. The van der Waals surface area contributed by atoms with Crippen molar-refractivity contribution in [3.63, 3.8) is 0 Å². The van der Waals surface area contributed by atoms with Gasteiger partial charge in [-0.15, -0.1) is 0 Å². The highest BCUT2D eigenvalue weighted by atomic mass is 15.1. The highest BCUT2D eigenvalue weighted by molar-refractivity contribution is 4.75. The second-order valence-electron chi connectivity index (χ2n) is 4.52. The van der Waals surface area contributed by atoms with Crippen LogP contribution in [0.2, 0.25) is 0 Å². The monoisotopic (exact) mass is 184 g/mol. The van der Waals surface area contributed by atoms with Crippen molar-refractivity contribution in [2.24, 2.45) is 11.7 Å². The first-order chi connectivity index (χ1) is 6.22. The van der Waals surface area contributed by atoms with Gasteiger partial charge in [-0.05, 0) is 51.6 Å². The molecule has 1 aliphatic rings. The maximum absolute atomic E-state index is 5.82. The fraction of sp³-hybridized carbons (Fsp3) is 1.00. The van der Waals surface area contributed by atoms with Gasteiger partial charge in [0.1, 0.15) is 0 Å². The number of rotatable bonds is 4. The molecule has 0 saturated carbocycles. The first kappa shape index (κ1) is 11.0. The molecule has 0 spiro atoms. The fourth-order valence-corrected chi connectivity index (χ4v) is 2.39. The number of likely N-dealkylation sites (tertiary alicyclic amines) is 1. The Morgan fingerprint density at radius 2 is 2.31 bits per heavy atom. The summed E-state index contributed by atoms with van der Waals surface area (Å²) in [6.45, 7) is 8.25. The van der Waals surface area contributed by atoms with Crippen LogP contribution in [-0.4, -0.2) is 30.6 Å². The molecule has 0 aliphatic carbocycles. The predicted octanol–water partition coefficient (Wildman–Crippen LogP) is 1.85. The highest BCUT2D eigenvalue weighted by Gasteiger charge is 2.19. The summed E-state index contributed by atoms with van der Waals surface area (Å²) in [6.07, 6.45) is 5.25. The Balaban J connectivity index is 2.24. The average Bonchev–Trinajstić information content (AvgIpc) is 2.04. The van der Waals surface area contributed by atoms with Crippen molar-refractivity contribution in [2.45, 2.75) is 45.6 Å². The predicted molar refractivity (Wildman–Crippen MR) is 57.7 cm³/mol. The average molecular weight is 184 g/mol. The first-order valence-electron chi connectivity index (χ1n) is 5.70. The topological polar surface area (TPSA) is 29.3 Å². The van der Waals surface area contributed by atoms with Gasteiger partial charge in [0.2, 0.25) is 0 Å². The lowest BCUT2D eigenvalue weighted by Gasteiger charge is -2.33. The van der Waals surface area contributed by atoms with E-state index in [1.165, 1.54) is 45.3 Å². The van der Waals surface area contributed by atoms with Crippen molar-refractivity contribution in [3.05, 3.63) is 0 Å².